The SMILES string of the molecule is CN1CCN(C(=O)C[C@H](c2ccc3c(c2)OCO3)c2c(O)c(O)c(O)c3c(=O)cc(-c4ccccc4)oc23)CC1. The molecule has 0 unspecified atom stereocenters. The molecule has 10 heteroatoms. The van der Waals surface area contributed by atoms with Crippen molar-refractivity contribution in [2.75, 3.05) is 40.0 Å². The summed E-state index contributed by atoms with van der Waals surface area (Å²) in [6.07, 6.45) is -0.102. The van der Waals surface area contributed by atoms with Crippen LogP contribution < -0.4 is 14.9 Å². The van der Waals surface area contributed by atoms with Crippen molar-refractivity contribution in [3.8, 4) is 40.1 Å². The van der Waals surface area contributed by atoms with E-state index in [1.165, 1.54) is 6.07 Å². The number of phenolic OH excluding ortho intramolecular Hbond substituents is 3. The van der Waals surface area contributed by atoms with Crippen LogP contribution in [0.2, 0.25) is 0 Å². The Morgan fingerprint density at radius 1 is 0.900 bits per heavy atom. The quantitative estimate of drug-likeness (QED) is 0.322. The maximum Gasteiger partial charge on any atom is 0.231 e. The van der Waals surface area contributed by atoms with Gasteiger partial charge in [0.15, 0.2) is 28.4 Å². The Kier molecular flexibility index (Phi) is 6.47. The van der Waals surface area contributed by atoms with E-state index in [0.717, 1.165) is 13.1 Å². The highest BCUT2D eigenvalue weighted by molar-refractivity contribution is 5.94. The summed E-state index contributed by atoms with van der Waals surface area (Å²) in [5, 5.41) is 32.4. The first-order chi connectivity index (χ1) is 19.3. The fourth-order valence-corrected chi connectivity index (χ4v) is 5.32. The van der Waals surface area contributed by atoms with E-state index in [4.69, 9.17) is 13.9 Å². The molecule has 0 bridgehead atoms. The molecule has 0 aliphatic carbocycles. The van der Waals surface area contributed by atoms with Crippen molar-refractivity contribution in [1.29, 1.82) is 0 Å². The maximum atomic E-state index is 13.6. The molecular weight excluding hydrogens is 516 g/mol. The lowest BCUT2D eigenvalue weighted by Gasteiger charge is -2.33. The van der Waals surface area contributed by atoms with Crippen molar-refractivity contribution in [3.63, 3.8) is 0 Å². The zero-order valence-corrected chi connectivity index (χ0v) is 21.8. The van der Waals surface area contributed by atoms with Crippen molar-refractivity contribution in [1.82, 2.24) is 9.80 Å². The first kappa shape index (κ1) is 25.6. The van der Waals surface area contributed by atoms with Gasteiger partial charge in [0.2, 0.25) is 18.4 Å². The maximum absolute atomic E-state index is 13.6. The van der Waals surface area contributed by atoms with E-state index in [-0.39, 0.29) is 41.4 Å². The number of nitrogens with zero attached hydrogens (tertiary/aromatic N) is 2. The number of amides is 1. The van der Waals surface area contributed by atoms with Crippen LogP contribution in [0.25, 0.3) is 22.3 Å². The van der Waals surface area contributed by atoms with Crippen LogP contribution in [0.3, 0.4) is 0 Å². The van der Waals surface area contributed by atoms with Gasteiger partial charge in [-0.05, 0) is 24.7 Å². The van der Waals surface area contributed by atoms with Crippen LogP contribution in [-0.4, -0.2) is 71.0 Å². The molecule has 1 fully saturated rings. The van der Waals surface area contributed by atoms with Gasteiger partial charge in [-0.15, -0.1) is 0 Å². The lowest BCUT2D eigenvalue weighted by Crippen LogP contribution is -2.47. The van der Waals surface area contributed by atoms with Crippen LogP contribution >= 0.6 is 0 Å². The van der Waals surface area contributed by atoms with Crippen LogP contribution in [0, 0.1) is 0 Å². The molecular formula is C30H28N2O8. The molecule has 2 aliphatic heterocycles. The summed E-state index contributed by atoms with van der Waals surface area (Å²) < 4.78 is 17.2. The Hall–Kier alpha value is -4.70. The van der Waals surface area contributed by atoms with Crippen LogP contribution in [0.4, 0.5) is 0 Å². The Labute approximate surface area is 229 Å². The fraction of sp³-hybridized carbons (Fsp3) is 0.267. The number of hydrogen-bond acceptors (Lipinski definition) is 9. The van der Waals surface area contributed by atoms with Gasteiger partial charge in [0.25, 0.3) is 0 Å². The van der Waals surface area contributed by atoms with E-state index in [9.17, 15) is 24.9 Å². The Morgan fingerprint density at radius 2 is 1.62 bits per heavy atom. The molecule has 40 heavy (non-hydrogen) atoms. The van der Waals surface area contributed by atoms with Gasteiger partial charge in [-0.1, -0.05) is 36.4 Å². The molecule has 10 nitrogen and oxygen atoms in total. The lowest BCUT2D eigenvalue weighted by atomic mass is 9.85. The molecule has 0 saturated carbocycles. The number of fused-ring (bicyclic) bond motifs is 2. The van der Waals surface area contributed by atoms with Gasteiger partial charge in [0.1, 0.15) is 16.7 Å². The molecule has 4 aromatic rings. The smallest absolute Gasteiger partial charge is 0.231 e. The molecule has 1 aromatic heterocycles. The van der Waals surface area contributed by atoms with Gasteiger partial charge in [-0.25, -0.2) is 0 Å². The average Bonchev–Trinajstić information content (AvgIpc) is 3.44. The fourth-order valence-electron chi connectivity index (χ4n) is 5.32. The van der Waals surface area contributed by atoms with Crippen LogP contribution in [0.5, 0.6) is 28.7 Å². The molecule has 2 aliphatic rings. The minimum atomic E-state index is -0.871. The first-order valence-electron chi connectivity index (χ1n) is 13.0. The van der Waals surface area contributed by atoms with E-state index in [1.807, 2.05) is 13.1 Å². The number of piperazine rings is 1. The van der Waals surface area contributed by atoms with Crippen molar-refractivity contribution in [2.45, 2.75) is 12.3 Å². The Balaban J connectivity index is 1.56. The van der Waals surface area contributed by atoms with E-state index >= 15 is 0 Å². The third kappa shape index (κ3) is 4.46. The number of ether oxygens (including phenoxy) is 2. The van der Waals surface area contributed by atoms with Gasteiger partial charge >= 0.3 is 0 Å². The highest BCUT2D eigenvalue weighted by atomic mass is 16.7. The molecule has 6 rings (SSSR count). The van der Waals surface area contributed by atoms with Crippen molar-refractivity contribution >= 4 is 16.9 Å². The van der Waals surface area contributed by atoms with Crippen molar-refractivity contribution in [2.24, 2.45) is 0 Å². The number of benzene rings is 3. The van der Waals surface area contributed by atoms with Crippen molar-refractivity contribution < 1.29 is 34.0 Å². The number of aromatic hydroxyl groups is 3. The van der Waals surface area contributed by atoms with Gasteiger partial charge in [-0.3, -0.25) is 9.59 Å². The molecule has 1 amide bonds. The number of phenols is 3. The van der Waals surface area contributed by atoms with Gasteiger partial charge < -0.3 is 39.0 Å². The standard InChI is InChI=1S/C30H28N2O8/c1-31-9-11-32(12-10-31)24(34)14-19(18-7-8-21-23(13-18)39-16-38-21)25-27(35)29(37)28(36)26-20(33)15-22(40-30(25)26)17-5-3-2-4-6-17/h2-8,13,15,19,35-37H,9-12,14,16H2,1H3/t19-/m1/s1. The molecule has 206 valence electrons. The number of rotatable bonds is 5. The predicted octanol–water partition coefficient (Wildman–Crippen LogP) is 3.60. The number of carbonyl (C=O) groups is 1. The number of carbonyl (C=O) groups excluding carboxylic acids is 1. The summed E-state index contributed by atoms with van der Waals surface area (Å²) in [7, 11) is 1.99. The summed E-state index contributed by atoms with van der Waals surface area (Å²) in [6, 6.07) is 15.3. The average molecular weight is 545 g/mol. The third-order valence-electron chi connectivity index (χ3n) is 7.57. The van der Waals surface area contributed by atoms with E-state index in [0.29, 0.717) is 35.7 Å². The molecule has 3 aromatic carbocycles. The van der Waals surface area contributed by atoms with Gasteiger partial charge in [-0.2, -0.15) is 0 Å². The largest absolute Gasteiger partial charge is 0.504 e. The Morgan fingerprint density at radius 3 is 2.38 bits per heavy atom. The predicted molar refractivity (Wildman–Crippen MR) is 146 cm³/mol. The molecule has 3 N–H and O–H groups in total. The second kappa shape index (κ2) is 10.1. The monoisotopic (exact) mass is 544 g/mol. The highest BCUT2D eigenvalue weighted by Gasteiger charge is 2.33. The van der Waals surface area contributed by atoms with Crippen molar-refractivity contribution in [3.05, 3.63) is 75.9 Å². The summed E-state index contributed by atoms with van der Waals surface area (Å²) >= 11 is 0. The van der Waals surface area contributed by atoms with Crippen LogP contribution in [0.15, 0.2) is 63.8 Å². The number of likely N-dealkylation sites (N-methyl/N-ethyl adjacent to an activating group) is 1. The Bertz CT molecular complexity index is 1660. The van der Waals surface area contributed by atoms with E-state index < -0.39 is 28.6 Å². The van der Waals surface area contributed by atoms with Crippen LogP contribution in [-0.2, 0) is 4.79 Å². The van der Waals surface area contributed by atoms with Gasteiger partial charge in [0, 0.05) is 55.7 Å². The molecule has 3 heterocycles. The topological polar surface area (TPSA) is 133 Å². The lowest BCUT2D eigenvalue weighted by molar-refractivity contribution is -0.133. The summed E-state index contributed by atoms with van der Waals surface area (Å²) in [5.41, 5.74) is 0.465. The van der Waals surface area contributed by atoms with E-state index in [1.54, 1.807) is 47.4 Å². The summed E-state index contributed by atoms with van der Waals surface area (Å²) in [6.45, 7) is 2.59. The molecule has 1 atom stereocenters. The van der Waals surface area contributed by atoms with Crippen LogP contribution in [0.1, 0.15) is 23.5 Å². The minimum absolute atomic E-state index is 0.0153. The molecule has 1 saturated heterocycles. The zero-order valence-electron chi connectivity index (χ0n) is 21.8. The first-order valence-corrected chi connectivity index (χ1v) is 13.0. The zero-order chi connectivity index (χ0) is 28.0. The van der Waals surface area contributed by atoms with E-state index in [2.05, 4.69) is 4.90 Å². The molecule has 0 radical (unpaired) electrons. The molecule has 0 spiro atoms. The second-order valence-electron chi connectivity index (χ2n) is 10.1. The summed E-state index contributed by atoms with van der Waals surface area (Å²) in [5.74, 6) is -2.16. The minimum Gasteiger partial charge on any atom is -0.504 e. The third-order valence-corrected chi connectivity index (χ3v) is 7.57. The second-order valence-corrected chi connectivity index (χ2v) is 10.1. The van der Waals surface area contributed by atoms with Gasteiger partial charge in [0.05, 0.1) is 0 Å². The normalized spacial score (nSPS) is 15.9. The number of hydrogen-bond donors (Lipinski definition) is 3. The highest BCUT2D eigenvalue weighted by Crippen LogP contribution is 2.50. The summed E-state index contributed by atoms with van der Waals surface area (Å²) in [4.78, 5) is 30.8.